The highest BCUT2D eigenvalue weighted by atomic mass is 32.1. The van der Waals surface area contributed by atoms with Crippen molar-refractivity contribution in [2.75, 3.05) is 6.54 Å². The predicted octanol–water partition coefficient (Wildman–Crippen LogP) is 4.34. The van der Waals surface area contributed by atoms with Crippen LogP contribution in [-0.4, -0.2) is 27.2 Å². The molecule has 29 heavy (non-hydrogen) atoms. The van der Waals surface area contributed by atoms with Crippen LogP contribution < -0.4 is 5.32 Å². The van der Waals surface area contributed by atoms with Gasteiger partial charge in [0.1, 0.15) is 0 Å². The van der Waals surface area contributed by atoms with Crippen LogP contribution in [0.3, 0.4) is 0 Å². The molecule has 2 heterocycles. The fraction of sp³-hybridized carbons (Fsp3) is 0.174. The number of nitrogens with one attached hydrogen (secondary N) is 1. The van der Waals surface area contributed by atoms with Crippen molar-refractivity contribution in [2.24, 2.45) is 0 Å². The van der Waals surface area contributed by atoms with Gasteiger partial charge in [-0.25, -0.2) is 4.98 Å². The summed E-state index contributed by atoms with van der Waals surface area (Å²) < 4.78 is 1.86. The van der Waals surface area contributed by atoms with Crippen LogP contribution in [0.15, 0.2) is 72.4 Å². The van der Waals surface area contributed by atoms with Gasteiger partial charge < -0.3 is 5.32 Å². The maximum atomic E-state index is 12.4. The number of aryl methyl sites for hydroxylation is 1. The highest BCUT2D eigenvalue weighted by Gasteiger charge is 2.06. The van der Waals surface area contributed by atoms with Crippen LogP contribution in [0, 0.1) is 6.92 Å². The Kier molecular flexibility index (Phi) is 5.81. The first kappa shape index (κ1) is 19.1. The van der Waals surface area contributed by atoms with Crippen LogP contribution in [0.5, 0.6) is 0 Å². The first-order valence-electron chi connectivity index (χ1n) is 9.53. The summed E-state index contributed by atoms with van der Waals surface area (Å²) in [4.78, 5) is 16.9. The molecule has 4 rings (SSSR count). The van der Waals surface area contributed by atoms with Crippen LogP contribution in [0.2, 0.25) is 0 Å². The Bertz CT molecular complexity index is 1070. The molecule has 0 unspecified atom stereocenters. The van der Waals surface area contributed by atoms with E-state index in [2.05, 4.69) is 45.0 Å². The lowest BCUT2D eigenvalue weighted by Gasteiger charge is -2.07. The van der Waals surface area contributed by atoms with Crippen molar-refractivity contribution in [3.05, 3.63) is 94.1 Å². The van der Waals surface area contributed by atoms with E-state index in [1.807, 2.05) is 48.1 Å². The van der Waals surface area contributed by atoms with E-state index in [1.54, 1.807) is 17.5 Å². The van der Waals surface area contributed by atoms with Gasteiger partial charge in [0.25, 0.3) is 5.91 Å². The van der Waals surface area contributed by atoms with Gasteiger partial charge in [-0.2, -0.15) is 5.10 Å². The summed E-state index contributed by atoms with van der Waals surface area (Å²) in [5.74, 6) is -0.0507. The average Bonchev–Trinajstić information content (AvgIpc) is 3.41. The molecule has 0 spiro atoms. The number of thiazole rings is 1. The zero-order valence-electron chi connectivity index (χ0n) is 16.2. The van der Waals surface area contributed by atoms with Crippen LogP contribution >= 0.6 is 11.3 Å². The van der Waals surface area contributed by atoms with Crippen molar-refractivity contribution in [1.82, 2.24) is 20.1 Å². The van der Waals surface area contributed by atoms with E-state index in [4.69, 9.17) is 0 Å². The van der Waals surface area contributed by atoms with Gasteiger partial charge in [-0.1, -0.05) is 36.4 Å². The Morgan fingerprint density at radius 3 is 2.48 bits per heavy atom. The van der Waals surface area contributed by atoms with Gasteiger partial charge >= 0.3 is 0 Å². The molecule has 0 radical (unpaired) electrons. The van der Waals surface area contributed by atoms with Crippen LogP contribution in [0.1, 0.15) is 26.5 Å². The molecule has 4 aromatic rings. The smallest absolute Gasteiger partial charge is 0.251 e. The van der Waals surface area contributed by atoms with Crippen LogP contribution in [0.4, 0.5) is 0 Å². The molecule has 0 bridgehead atoms. The second kappa shape index (κ2) is 8.84. The lowest BCUT2D eigenvalue weighted by molar-refractivity contribution is 0.0954. The molecule has 0 aliphatic heterocycles. The number of aromatic nitrogens is 3. The number of hydrogen-bond donors (Lipinski definition) is 1. The number of benzene rings is 2. The van der Waals surface area contributed by atoms with Gasteiger partial charge in [0.15, 0.2) is 0 Å². The topological polar surface area (TPSA) is 59.8 Å². The van der Waals surface area contributed by atoms with Gasteiger partial charge in [-0.3, -0.25) is 9.48 Å². The Morgan fingerprint density at radius 1 is 1.07 bits per heavy atom. The standard InChI is InChI=1S/C23H22N4OS/c1-17-26-22(16-29-17)20-7-3-18(4-8-20)11-13-24-23(28)21-9-5-19(6-10-21)15-27-14-2-12-25-27/h2-10,12,14,16H,11,13,15H2,1H3,(H,24,28). The fourth-order valence-electron chi connectivity index (χ4n) is 3.10. The summed E-state index contributed by atoms with van der Waals surface area (Å²) in [6.07, 6.45) is 4.47. The van der Waals surface area contributed by atoms with Gasteiger partial charge in [0.05, 0.1) is 17.2 Å². The molecular weight excluding hydrogens is 380 g/mol. The number of carbonyl (C=O) groups excluding carboxylic acids is 1. The van der Waals surface area contributed by atoms with Gasteiger partial charge in [-0.05, 0) is 42.7 Å². The molecule has 146 valence electrons. The Hall–Kier alpha value is -3.25. The number of hydrogen-bond acceptors (Lipinski definition) is 4. The molecule has 6 heteroatoms. The fourth-order valence-corrected chi connectivity index (χ4v) is 3.73. The predicted molar refractivity (Wildman–Crippen MR) is 116 cm³/mol. The van der Waals surface area contributed by atoms with E-state index in [-0.39, 0.29) is 5.91 Å². The normalized spacial score (nSPS) is 10.8. The minimum atomic E-state index is -0.0507. The van der Waals surface area contributed by atoms with Crippen molar-refractivity contribution in [3.8, 4) is 11.3 Å². The largest absolute Gasteiger partial charge is 0.352 e. The van der Waals surface area contributed by atoms with Crippen LogP contribution in [0.25, 0.3) is 11.3 Å². The zero-order chi connectivity index (χ0) is 20.1. The summed E-state index contributed by atoms with van der Waals surface area (Å²) in [5, 5.41) is 10.3. The summed E-state index contributed by atoms with van der Waals surface area (Å²) in [7, 11) is 0. The van der Waals surface area contributed by atoms with Gasteiger partial charge in [-0.15, -0.1) is 11.3 Å². The third-order valence-corrected chi connectivity index (χ3v) is 5.46. The quantitative estimate of drug-likeness (QED) is 0.500. The molecule has 1 N–H and O–H groups in total. The zero-order valence-corrected chi connectivity index (χ0v) is 17.0. The lowest BCUT2D eigenvalue weighted by atomic mass is 10.1. The van der Waals surface area contributed by atoms with E-state index in [1.165, 1.54) is 5.56 Å². The second-order valence-corrected chi connectivity index (χ2v) is 7.92. The van der Waals surface area contributed by atoms with E-state index in [9.17, 15) is 4.79 Å². The van der Waals surface area contributed by atoms with Gasteiger partial charge in [0, 0.05) is 35.4 Å². The minimum absolute atomic E-state index is 0.0507. The van der Waals surface area contributed by atoms with Crippen molar-refractivity contribution in [3.63, 3.8) is 0 Å². The van der Waals surface area contributed by atoms with E-state index < -0.39 is 0 Å². The maximum absolute atomic E-state index is 12.4. The first-order valence-corrected chi connectivity index (χ1v) is 10.4. The summed E-state index contributed by atoms with van der Waals surface area (Å²) >= 11 is 1.66. The third kappa shape index (κ3) is 4.97. The minimum Gasteiger partial charge on any atom is -0.352 e. The van der Waals surface area contributed by atoms with Crippen molar-refractivity contribution < 1.29 is 4.79 Å². The third-order valence-electron chi connectivity index (χ3n) is 4.69. The molecule has 0 fully saturated rings. The number of carbonyl (C=O) groups is 1. The maximum Gasteiger partial charge on any atom is 0.251 e. The molecular formula is C23H22N4OS. The Balaban J connectivity index is 1.27. The molecule has 1 amide bonds. The average molecular weight is 403 g/mol. The highest BCUT2D eigenvalue weighted by molar-refractivity contribution is 7.09. The van der Waals surface area contributed by atoms with E-state index >= 15 is 0 Å². The lowest BCUT2D eigenvalue weighted by Crippen LogP contribution is -2.25. The first-order chi connectivity index (χ1) is 14.2. The highest BCUT2D eigenvalue weighted by Crippen LogP contribution is 2.21. The summed E-state index contributed by atoms with van der Waals surface area (Å²) in [6, 6.07) is 17.9. The number of amides is 1. The monoisotopic (exact) mass is 402 g/mol. The van der Waals surface area contributed by atoms with E-state index in [0.29, 0.717) is 18.7 Å². The molecule has 0 saturated carbocycles. The SMILES string of the molecule is Cc1nc(-c2ccc(CCNC(=O)c3ccc(Cn4cccn4)cc3)cc2)cs1. The van der Waals surface area contributed by atoms with Crippen molar-refractivity contribution >= 4 is 17.2 Å². The molecule has 2 aromatic carbocycles. The second-order valence-electron chi connectivity index (χ2n) is 6.86. The molecule has 0 aliphatic rings. The number of nitrogens with zero attached hydrogens (tertiary/aromatic N) is 3. The summed E-state index contributed by atoms with van der Waals surface area (Å²) in [6.45, 7) is 3.31. The van der Waals surface area contributed by atoms with E-state index in [0.717, 1.165) is 28.2 Å². The van der Waals surface area contributed by atoms with Crippen molar-refractivity contribution in [2.45, 2.75) is 19.9 Å². The molecule has 0 aliphatic carbocycles. The Morgan fingerprint density at radius 2 is 1.83 bits per heavy atom. The van der Waals surface area contributed by atoms with Crippen molar-refractivity contribution in [1.29, 1.82) is 0 Å². The van der Waals surface area contributed by atoms with Crippen LogP contribution in [-0.2, 0) is 13.0 Å². The molecule has 0 atom stereocenters. The Labute approximate surface area is 174 Å². The molecule has 5 nitrogen and oxygen atoms in total. The molecule has 2 aromatic heterocycles. The number of rotatable bonds is 7. The summed E-state index contributed by atoms with van der Waals surface area (Å²) in [5.41, 5.74) is 5.11. The molecule has 0 saturated heterocycles. The van der Waals surface area contributed by atoms with Gasteiger partial charge in [0.2, 0.25) is 0 Å².